The number of hydrogen-bond acceptors (Lipinski definition) is 3. The first-order chi connectivity index (χ1) is 11.1. The molecule has 1 fully saturated rings. The SMILES string of the molecule is COc1ccc(C2(NC(=O)c3cccc(F)c3)CC2)cc1OC. The Morgan fingerprint density at radius 1 is 1.09 bits per heavy atom. The Labute approximate surface area is 134 Å². The molecule has 0 spiro atoms. The lowest BCUT2D eigenvalue weighted by atomic mass is 10.0. The fraction of sp³-hybridized carbons (Fsp3) is 0.278. The molecule has 2 aromatic rings. The van der Waals surface area contributed by atoms with Crippen LogP contribution in [0.15, 0.2) is 42.5 Å². The molecule has 2 aromatic carbocycles. The van der Waals surface area contributed by atoms with Crippen LogP contribution < -0.4 is 14.8 Å². The van der Waals surface area contributed by atoms with Gasteiger partial charge in [0, 0.05) is 5.56 Å². The monoisotopic (exact) mass is 315 g/mol. The summed E-state index contributed by atoms with van der Waals surface area (Å²) in [5.74, 6) is 0.560. The quantitative estimate of drug-likeness (QED) is 0.921. The predicted octanol–water partition coefficient (Wildman–Crippen LogP) is 3.26. The van der Waals surface area contributed by atoms with Crippen LogP contribution >= 0.6 is 0 Å². The lowest BCUT2D eigenvalue weighted by Crippen LogP contribution is -2.34. The van der Waals surface area contributed by atoms with Gasteiger partial charge in [0.15, 0.2) is 11.5 Å². The summed E-state index contributed by atoms with van der Waals surface area (Å²) in [6.07, 6.45) is 1.67. The fourth-order valence-electron chi connectivity index (χ4n) is 2.66. The fourth-order valence-corrected chi connectivity index (χ4v) is 2.66. The van der Waals surface area contributed by atoms with Gasteiger partial charge in [0.05, 0.1) is 19.8 Å². The Bertz CT molecular complexity index is 741. The molecule has 0 aliphatic heterocycles. The van der Waals surface area contributed by atoms with Crippen LogP contribution in [-0.4, -0.2) is 20.1 Å². The van der Waals surface area contributed by atoms with Crippen LogP contribution in [-0.2, 0) is 5.54 Å². The van der Waals surface area contributed by atoms with Gasteiger partial charge in [-0.3, -0.25) is 4.79 Å². The molecular formula is C18H18FNO3. The molecule has 0 atom stereocenters. The van der Waals surface area contributed by atoms with E-state index in [9.17, 15) is 9.18 Å². The maximum atomic E-state index is 13.3. The smallest absolute Gasteiger partial charge is 0.252 e. The second-order valence-corrected chi connectivity index (χ2v) is 5.62. The highest BCUT2D eigenvalue weighted by atomic mass is 19.1. The molecule has 0 aromatic heterocycles. The largest absolute Gasteiger partial charge is 0.493 e. The van der Waals surface area contributed by atoms with E-state index in [2.05, 4.69) is 5.32 Å². The van der Waals surface area contributed by atoms with E-state index in [0.29, 0.717) is 17.1 Å². The third-order valence-corrected chi connectivity index (χ3v) is 4.13. The van der Waals surface area contributed by atoms with E-state index >= 15 is 0 Å². The summed E-state index contributed by atoms with van der Waals surface area (Å²) in [5, 5.41) is 3.01. The summed E-state index contributed by atoms with van der Waals surface area (Å²) in [6.45, 7) is 0. The van der Waals surface area contributed by atoms with E-state index in [1.807, 2.05) is 18.2 Å². The number of carbonyl (C=O) groups excluding carboxylic acids is 1. The number of carbonyl (C=O) groups is 1. The van der Waals surface area contributed by atoms with Crippen molar-refractivity contribution >= 4 is 5.91 Å². The van der Waals surface area contributed by atoms with Gasteiger partial charge in [0.2, 0.25) is 0 Å². The summed E-state index contributed by atoms with van der Waals surface area (Å²) in [7, 11) is 3.16. The topological polar surface area (TPSA) is 47.6 Å². The maximum absolute atomic E-state index is 13.3. The first-order valence-corrected chi connectivity index (χ1v) is 7.38. The van der Waals surface area contributed by atoms with Crippen molar-refractivity contribution in [1.29, 1.82) is 0 Å². The highest BCUT2D eigenvalue weighted by molar-refractivity contribution is 5.95. The van der Waals surface area contributed by atoms with Crippen LogP contribution in [0, 0.1) is 5.82 Å². The van der Waals surface area contributed by atoms with Crippen molar-refractivity contribution in [3.63, 3.8) is 0 Å². The van der Waals surface area contributed by atoms with E-state index in [1.165, 1.54) is 18.2 Å². The van der Waals surface area contributed by atoms with Crippen molar-refractivity contribution in [2.75, 3.05) is 14.2 Å². The summed E-state index contributed by atoms with van der Waals surface area (Å²) < 4.78 is 23.8. The van der Waals surface area contributed by atoms with Crippen LogP contribution in [0.25, 0.3) is 0 Å². The highest BCUT2D eigenvalue weighted by Crippen LogP contribution is 2.47. The molecule has 0 heterocycles. The molecule has 3 rings (SSSR count). The molecule has 5 heteroatoms. The molecular weight excluding hydrogens is 297 g/mol. The molecule has 1 aliphatic carbocycles. The van der Waals surface area contributed by atoms with Gasteiger partial charge in [-0.15, -0.1) is 0 Å². The Balaban J connectivity index is 1.84. The van der Waals surface area contributed by atoms with Crippen molar-refractivity contribution in [2.24, 2.45) is 0 Å². The van der Waals surface area contributed by atoms with Crippen LogP contribution in [0.5, 0.6) is 11.5 Å². The molecule has 1 saturated carbocycles. The lowest BCUT2D eigenvalue weighted by Gasteiger charge is -2.19. The van der Waals surface area contributed by atoms with Gasteiger partial charge in [0.25, 0.3) is 5.91 Å². The predicted molar refractivity (Wildman–Crippen MR) is 84.3 cm³/mol. The zero-order chi connectivity index (χ0) is 16.4. The minimum atomic E-state index is -0.423. The normalized spacial score (nSPS) is 14.9. The number of rotatable bonds is 5. The second-order valence-electron chi connectivity index (χ2n) is 5.62. The zero-order valence-corrected chi connectivity index (χ0v) is 13.1. The van der Waals surface area contributed by atoms with Gasteiger partial charge in [0.1, 0.15) is 5.82 Å². The molecule has 23 heavy (non-hydrogen) atoms. The summed E-state index contributed by atoms with van der Waals surface area (Å²) >= 11 is 0. The van der Waals surface area contributed by atoms with E-state index in [0.717, 1.165) is 18.4 Å². The maximum Gasteiger partial charge on any atom is 0.252 e. The number of halogens is 1. The van der Waals surface area contributed by atoms with Gasteiger partial charge in [-0.25, -0.2) is 4.39 Å². The van der Waals surface area contributed by atoms with Gasteiger partial charge in [-0.1, -0.05) is 12.1 Å². The average Bonchev–Trinajstić information content (AvgIpc) is 3.34. The van der Waals surface area contributed by atoms with Crippen molar-refractivity contribution in [3.05, 3.63) is 59.4 Å². The van der Waals surface area contributed by atoms with Crippen LogP contribution in [0.1, 0.15) is 28.8 Å². The van der Waals surface area contributed by atoms with Gasteiger partial charge in [-0.2, -0.15) is 0 Å². The standard InChI is InChI=1S/C18H18FNO3/c1-22-15-7-6-13(11-16(15)23-2)18(8-9-18)20-17(21)12-4-3-5-14(19)10-12/h3-7,10-11H,8-9H2,1-2H3,(H,20,21). The molecule has 120 valence electrons. The molecule has 1 aliphatic rings. The third-order valence-electron chi connectivity index (χ3n) is 4.13. The van der Waals surface area contributed by atoms with Gasteiger partial charge in [-0.05, 0) is 48.7 Å². The van der Waals surface area contributed by atoms with E-state index in [1.54, 1.807) is 20.3 Å². The first-order valence-electron chi connectivity index (χ1n) is 7.38. The Morgan fingerprint density at radius 3 is 2.43 bits per heavy atom. The Morgan fingerprint density at radius 2 is 1.83 bits per heavy atom. The Hall–Kier alpha value is -2.56. The third kappa shape index (κ3) is 2.99. The molecule has 1 N–H and O–H groups in total. The average molecular weight is 315 g/mol. The summed E-state index contributed by atoms with van der Waals surface area (Å²) in [5.41, 5.74) is 0.861. The summed E-state index contributed by atoms with van der Waals surface area (Å²) in [4.78, 5) is 12.4. The van der Waals surface area contributed by atoms with E-state index in [-0.39, 0.29) is 5.91 Å². The van der Waals surface area contributed by atoms with Crippen LogP contribution in [0.4, 0.5) is 4.39 Å². The number of benzene rings is 2. The molecule has 0 bridgehead atoms. The molecule has 1 amide bonds. The first kappa shape index (κ1) is 15.3. The van der Waals surface area contributed by atoms with E-state index < -0.39 is 11.4 Å². The lowest BCUT2D eigenvalue weighted by molar-refractivity contribution is 0.0930. The van der Waals surface area contributed by atoms with Crippen molar-refractivity contribution in [3.8, 4) is 11.5 Å². The number of ether oxygens (including phenoxy) is 2. The number of amides is 1. The molecule has 0 unspecified atom stereocenters. The van der Waals surface area contributed by atoms with Crippen molar-refractivity contribution < 1.29 is 18.7 Å². The number of nitrogens with one attached hydrogen (secondary N) is 1. The zero-order valence-electron chi connectivity index (χ0n) is 13.1. The van der Waals surface area contributed by atoms with Gasteiger partial charge < -0.3 is 14.8 Å². The van der Waals surface area contributed by atoms with Crippen LogP contribution in [0.3, 0.4) is 0 Å². The highest BCUT2D eigenvalue weighted by Gasteiger charge is 2.46. The molecule has 4 nitrogen and oxygen atoms in total. The number of hydrogen-bond donors (Lipinski definition) is 1. The minimum absolute atomic E-state index is 0.281. The second kappa shape index (κ2) is 5.91. The van der Waals surface area contributed by atoms with Crippen molar-refractivity contribution in [1.82, 2.24) is 5.32 Å². The van der Waals surface area contributed by atoms with Crippen molar-refractivity contribution in [2.45, 2.75) is 18.4 Å². The van der Waals surface area contributed by atoms with E-state index in [4.69, 9.17) is 9.47 Å². The van der Waals surface area contributed by atoms with Gasteiger partial charge >= 0.3 is 0 Å². The Kier molecular flexibility index (Phi) is 3.94. The molecule has 0 radical (unpaired) electrons. The molecule has 0 saturated heterocycles. The minimum Gasteiger partial charge on any atom is -0.493 e. The number of methoxy groups -OCH3 is 2. The van der Waals surface area contributed by atoms with Crippen LogP contribution in [0.2, 0.25) is 0 Å². The summed E-state index contributed by atoms with van der Waals surface area (Å²) in [6, 6.07) is 11.3.